The zero-order valence-corrected chi connectivity index (χ0v) is 16.4. The summed E-state index contributed by atoms with van der Waals surface area (Å²) in [7, 11) is 1.54. The van der Waals surface area contributed by atoms with E-state index in [2.05, 4.69) is 21.2 Å². The highest BCUT2D eigenvalue weighted by Gasteiger charge is 2.14. The molecule has 0 saturated carbocycles. The molecule has 2 aromatic rings. The van der Waals surface area contributed by atoms with E-state index in [1.165, 1.54) is 13.2 Å². The van der Waals surface area contributed by atoms with Crippen molar-refractivity contribution in [1.82, 2.24) is 0 Å². The fourth-order valence-electron chi connectivity index (χ4n) is 2.33. The third kappa shape index (κ3) is 4.64. The molecular weight excluding hydrogens is 396 g/mol. The Kier molecular flexibility index (Phi) is 6.81. The zero-order chi connectivity index (χ0) is 19.1. The lowest BCUT2D eigenvalue weighted by Crippen LogP contribution is -2.14. The topological polar surface area (TPSA) is 71.3 Å². The van der Waals surface area contributed by atoms with Gasteiger partial charge in [0.2, 0.25) is 0 Å². The molecular formula is C20H19BrN2O3. The molecule has 2 aromatic carbocycles. The lowest BCUT2D eigenvalue weighted by Gasteiger charge is -2.12. The van der Waals surface area contributed by atoms with Gasteiger partial charge in [-0.1, -0.05) is 18.2 Å². The van der Waals surface area contributed by atoms with Crippen molar-refractivity contribution in [3.63, 3.8) is 0 Å². The van der Waals surface area contributed by atoms with Crippen LogP contribution in [0.2, 0.25) is 0 Å². The van der Waals surface area contributed by atoms with Crippen molar-refractivity contribution >= 4 is 33.6 Å². The van der Waals surface area contributed by atoms with Crippen molar-refractivity contribution in [2.24, 2.45) is 0 Å². The molecule has 0 saturated heterocycles. The first kappa shape index (κ1) is 19.5. The van der Waals surface area contributed by atoms with Gasteiger partial charge in [-0.25, -0.2) is 0 Å². The highest BCUT2D eigenvalue weighted by atomic mass is 79.9. The molecule has 0 aliphatic heterocycles. The Morgan fingerprint density at radius 2 is 2.08 bits per heavy atom. The summed E-state index contributed by atoms with van der Waals surface area (Å²) in [5.74, 6) is 0.630. The fraction of sp³-hybridized carbons (Fsp3) is 0.200. The van der Waals surface area contributed by atoms with Gasteiger partial charge in [0.1, 0.15) is 11.6 Å². The average Bonchev–Trinajstić information content (AvgIpc) is 2.63. The summed E-state index contributed by atoms with van der Waals surface area (Å²) in [5.41, 5.74) is 2.23. The van der Waals surface area contributed by atoms with Gasteiger partial charge in [0.25, 0.3) is 5.91 Å². The number of ether oxygens (including phenoxy) is 2. The fourth-order valence-corrected chi connectivity index (χ4v) is 2.90. The maximum absolute atomic E-state index is 12.4. The number of hydrogen-bond acceptors (Lipinski definition) is 4. The van der Waals surface area contributed by atoms with Crippen LogP contribution in [0.15, 0.2) is 46.4 Å². The normalized spacial score (nSPS) is 10.8. The Hall–Kier alpha value is -2.78. The number of anilines is 1. The van der Waals surface area contributed by atoms with E-state index in [0.29, 0.717) is 33.8 Å². The van der Waals surface area contributed by atoms with Crippen LogP contribution >= 0.6 is 15.9 Å². The molecule has 0 unspecified atom stereocenters. The molecule has 0 atom stereocenters. The lowest BCUT2D eigenvalue weighted by molar-refractivity contribution is -0.112. The summed E-state index contributed by atoms with van der Waals surface area (Å²) in [6.45, 7) is 4.26. The van der Waals surface area contributed by atoms with Gasteiger partial charge in [0, 0.05) is 5.69 Å². The predicted octanol–water partition coefficient (Wildman–Crippen LogP) is 4.71. The van der Waals surface area contributed by atoms with E-state index in [-0.39, 0.29) is 5.57 Å². The van der Waals surface area contributed by atoms with Gasteiger partial charge in [0.05, 0.1) is 18.2 Å². The number of nitriles is 1. The summed E-state index contributed by atoms with van der Waals surface area (Å²) in [5, 5.41) is 12.2. The SMILES string of the molecule is CCOc1c(Br)cc(/C=C(/C#N)C(=O)Nc2ccccc2C)cc1OC. The molecule has 0 heterocycles. The molecule has 0 bridgehead atoms. The zero-order valence-electron chi connectivity index (χ0n) is 14.8. The summed E-state index contributed by atoms with van der Waals surface area (Å²) in [6, 6.07) is 12.8. The first-order valence-electron chi connectivity index (χ1n) is 7.99. The molecule has 5 nitrogen and oxygen atoms in total. The van der Waals surface area contributed by atoms with Gasteiger partial charge in [0.15, 0.2) is 11.5 Å². The number of halogens is 1. The Morgan fingerprint density at radius 1 is 1.35 bits per heavy atom. The van der Waals surface area contributed by atoms with Crippen molar-refractivity contribution in [3.05, 3.63) is 57.6 Å². The third-order valence-electron chi connectivity index (χ3n) is 3.61. The van der Waals surface area contributed by atoms with Crippen molar-refractivity contribution in [2.75, 3.05) is 19.0 Å². The number of carbonyl (C=O) groups excluding carboxylic acids is 1. The van der Waals surface area contributed by atoms with Crippen molar-refractivity contribution in [2.45, 2.75) is 13.8 Å². The number of rotatable bonds is 6. The van der Waals surface area contributed by atoms with Crippen LogP contribution in [0.4, 0.5) is 5.69 Å². The maximum atomic E-state index is 12.4. The summed E-state index contributed by atoms with van der Waals surface area (Å²) < 4.78 is 11.6. The highest BCUT2D eigenvalue weighted by Crippen LogP contribution is 2.37. The molecule has 0 aliphatic carbocycles. The number of nitrogens with zero attached hydrogens (tertiary/aromatic N) is 1. The van der Waals surface area contributed by atoms with E-state index in [4.69, 9.17) is 9.47 Å². The number of nitrogens with one attached hydrogen (secondary N) is 1. The second-order valence-electron chi connectivity index (χ2n) is 5.41. The van der Waals surface area contributed by atoms with Crippen LogP contribution in [0, 0.1) is 18.3 Å². The monoisotopic (exact) mass is 414 g/mol. The molecule has 0 spiro atoms. The Morgan fingerprint density at radius 3 is 2.69 bits per heavy atom. The van der Waals surface area contributed by atoms with E-state index in [1.54, 1.807) is 18.2 Å². The summed E-state index contributed by atoms with van der Waals surface area (Å²) in [4.78, 5) is 12.4. The van der Waals surface area contributed by atoms with Gasteiger partial charge in [-0.3, -0.25) is 4.79 Å². The van der Waals surface area contributed by atoms with E-state index in [0.717, 1.165) is 5.56 Å². The molecule has 6 heteroatoms. The number of aryl methyl sites for hydroxylation is 1. The molecule has 0 fully saturated rings. The second kappa shape index (κ2) is 9.07. The number of benzene rings is 2. The predicted molar refractivity (Wildman–Crippen MR) is 105 cm³/mol. The summed E-state index contributed by atoms with van der Waals surface area (Å²) >= 11 is 3.43. The van der Waals surface area contributed by atoms with Gasteiger partial charge in [-0.2, -0.15) is 5.26 Å². The number of hydrogen-bond donors (Lipinski definition) is 1. The average molecular weight is 415 g/mol. The number of carbonyl (C=O) groups is 1. The quantitative estimate of drug-likeness (QED) is 0.548. The van der Waals surface area contributed by atoms with Crippen molar-refractivity contribution < 1.29 is 14.3 Å². The maximum Gasteiger partial charge on any atom is 0.266 e. The minimum absolute atomic E-state index is 0.00799. The first-order chi connectivity index (χ1) is 12.5. The lowest BCUT2D eigenvalue weighted by atomic mass is 10.1. The molecule has 0 aliphatic rings. The standard InChI is InChI=1S/C20H19BrN2O3/c1-4-26-19-16(21)10-14(11-18(19)25-3)9-15(12-22)20(24)23-17-8-6-5-7-13(17)2/h5-11H,4H2,1-3H3,(H,23,24)/b15-9-. The van der Waals surface area contributed by atoms with Crippen molar-refractivity contribution in [1.29, 1.82) is 5.26 Å². The molecule has 0 aromatic heterocycles. The van der Waals surface area contributed by atoms with Crippen LogP contribution in [0.5, 0.6) is 11.5 Å². The van der Waals surface area contributed by atoms with Gasteiger partial charge < -0.3 is 14.8 Å². The van der Waals surface area contributed by atoms with Crippen LogP contribution in [0.3, 0.4) is 0 Å². The molecule has 134 valence electrons. The van der Waals surface area contributed by atoms with Crippen LogP contribution in [0.25, 0.3) is 6.08 Å². The van der Waals surface area contributed by atoms with Gasteiger partial charge in [-0.15, -0.1) is 0 Å². The van der Waals surface area contributed by atoms with Crippen LogP contribution in [-0.2, 0) is 4.79 Å². The van der Waals surface area contributed by atoms with E-state index in [9.17, 15) is 10.1 Å². The molecule has 26 heavy (non-hydrogen) atoms. The third-order valence-corrected chi connectivity index (χ3v) is 4.20. The van der Waals surface area contributed by atoms with Gasteiger partial charge in [-0.05, 0) is 65.2 Å². The van der Waals surface area contributed by atoms with Crippen LogP contribution in [0.1, 0.15) is 18.1 Å². The highest BCUT2D eigenvalue weighted by molar-refractivity contribution is 9.10. The number of amides is 1. The van der Waals surface area contributed by atoms with E-state index < -0.39 is 5.91 Å². The van der Waals surface area contributed by atoms with Gasteiger partial charge >= 0.3 is 0 Å². The second-order valence-corrected chi connectivity index (χ2v) is 6.26. The van der Waals surface area contributed by atoms with Crippen LogP contribution < -0.4 is 14.8 Å². The smallest absolute Gasteiger partial charge is 0.266 e. The Balaban J connectivity index is 2.34. The number of methoxy groups -OCH3 is 1. The summed E-state index contributed by atoms with van der Waals surface area (Å²) in [6.07, 6.45) is 1.51. The first-order valence-corrected chi connectivity index (χ1v) is 8.78. The van der Waals surface area contributed by atoms with E-state index in [1.807, 2.05) is 38.1 Å². The molecule has 1 N–H and O–H groups in total. The number of para-hydroxylation sites is 1. The molecule has 0 radical (unpaired) electrons. The Bertz CT molecular complexity index is 885. The largest absolute Gasteiger partial charge is 0.493 e. The minimum atomic E-state index is -0.467. The molecule has 2 rings (SSSR count). The minimum Gasteiger partial charge on any atom is -0.493 e. The van der Waals surface area contributed by atoms with Crippen molar-refractivity contribution in [3.8, 4) is 17.6 Å². The van der Waals surface area contributed by atoms with Crippen LogP contribution in [-0.4, -0.2) is 19.6 Å². The molecule has 1 amide bonds. The van der Waals surface area contributed by atoms with E-state index >= 15 is 0 Å². The Labute approximate surface area is 161 Å².